The van der Waals surface area contributed by atoms with Gasteiger partial charge in [-0.15, -0.1) is 0 Å². The predicted molar refractivity (Wildman–Crippen MR) is 76.6 cm³/mol. The minimum absolute atomic E-state index is 0.325. The van der Waals surface area contributed by atoms with Crippen LogP contribution in [0.3, 0.4) is 0 Å². The van der Waals surface area contributed by atoms with E-state index >= 15 is 0 Å². The Morgan fingerprint density at radius 3 is 2.29 bits per heavy atom. The minimum Gasteiger partial charge on any atom is -0.320 e. The maximum atomic E-state index is 6.20. The summed E-state index contributed by atoms with van der Waals surface area (Å²) < 4.78 is 0.944. The summed E-state index contributed by atoms with van der Waals surface area (Å²) >= 11 is 15.7. The average Bonchev–Trinajstić information content (AvgIpc) is 2.32. The van der Waals surface area contributed by atoms with Crippen LogP contribution in [0.1, 0.15) is 17.2 Å². The summed E-state index contributed by atoms with van der Waals surface area (Å²) in [7, 11) is 0. The van der Waals surface area contributed by atoms with E-state index in [4.69, 9.17) is 28.9 Å². The van der Waals surface area contributed by atoms with Crippen LogP contribution in [0.2, 0.25) is 10.0 Å². The molecule has 2 aromatic carbocycles. The first-order chi connectivity index (χ1) is 8.09. The molecule has 1 nitrogen and oxygen atoms in total. The molecule has 1 unspecified atom stereocenters. The van der Waals surface area contributed by atoms with Crippen LogP contribution < -0.4 is 5.73 Å². The van der Waals surface area contributed by atoms with Crippen molar-refractivity contribution in [2.24, 2.45) is 5.73 Å². The molecule has 2 aromatic rings. The van der Waals surface area contributed by atoms with Gasteiger partial charge in [0.15, 0.2) is 0 Å². The molecular weight excluding hydrogens is 321 g/mol. The summed E-state index contributed by atoms with van der Waals surface area (Å²) in [6, 6.07) is 12.8. The van der Waals surface area contributed by atoms with Crippen molar-refractivity contribution in [1.29, 1.82) is 0 Å². The first-order valence-electron chi connectivity index (χ1n) is 5.04. The van der Waals surface area contributed by atoms with Crippen molar-refractivity contribution in [3.8, 4) is 0 Å². The van der Waals surface area contributed by atoms with Gasteiger partial charge in [0, 0.05) is 14.5 Å². The molecule has 2 rings (SSSR count). The molecule has 2 N–H and O–H groups in total. The van der Waals surface area contributed by atoms with E-state index in [0.717, 1.165) is 15.6 Å². The fourth-order valence-electron chi connectivity index (χ4n) is 1.65. The maximum absolute atomic E-state index is 6.20. The topological polar surface area (TPSA) is 26.0 Å². The summed E-state index contributed by atoms with van der Waals surface area (Å²) in [5.74, 6) is 0. The van der Waals surface area contributed by atoms with Gasteiger partial charge in [-0.05, 0) is 35.4 Å². The Bertz CT molecular complexity index is 543. The molecule has 0 radical (unpaired) electrons. The zero-order valence-electron chi connectivity index (χ0n) is 8.83. The molecule has 0 aromatic heterocycles. The molecule has 0 aliphatic rings. The molecule has 0 saturated heterocycles. The van der Waals surface area contributed by atoms with Gasteiger partial charge in [0.05, 0.1) is 6.04 Å². The zero-order valence-corrected chi connectivity index (χ0v) is 11.9. The number of rotatable bonds is 2. The van der Waals surface area contributed by atoms with Crippen molar-refractivity contribution in [2.45, 2.75) is 6.04 Å². The van der Waals surface area contributed by atoms with Crippen molar-refractivity contribution in [3.63, 3.8) is 0 Å². The Morgan fingerprint density at radius 2 is 1.59 bits per heavy atom. The van der Waals surface area contributed by atoms with E-state index in [1.165, 1.54) is 0 Å². The highest BCUT2D eigenvalue weighted by Gasteiger charge is 2.15. The van der Waals surface area contributed by atoms with E-state index in [9.17, 15) is 0 Å². The Morgan fingerprint density at radius 1 is 0.941 bits per heavy atom. The smallest absolute Gasteiger partial charge is 0.0581 e. The van der Waals surface area contributed by atoms with Crippen LogP contribution in [0.15, 0.2) is 46.9 Å². The van der Waals surface area contributed by atoms with E-state index in [2.05, 4.69) is 15.9 Å². The van der Waals surface area contributed by atoms with Crippen molar-refractivity contribution >= 4 is 39.1 Å². The average molecular weight is 331 g/mol. The third-order valence-corrected chi connectivity index (χ3v) is 3.72. The SMILES string of the molecule is NC(c1ccccc1Cl)c1cc(Br)ccc1Cl. The highest BCUT2D eigenvalue weighted by atomic mass is 79.9. The third kappa shape index (κ3) is 2.83. The third-order valence-electron chi connectivity index (χ3n) is 2.53. The quantitative estimate of drug-likeness (QED) is 0.840. The van der Waals surface area contributed by atoms with Crippen LogP contribution >= 0.6 is 39.1 Å². The van der Waals surface area contributed by atoms with Crippen LogP contribution in [0.4, 0.5) is 0 Å². The monoisotopic (exact) mass is 329 g/mol. The van der Waals surface area contributed by atoms with Crippen LogP contribution in [0.25, 0.3) is 0 Å². The van der Waals surface area contributed by atoms with Gasteiger partial charge in [-0.25, -0.2) is 0 Å². The molecule has 17 heavy (non-hydrogen) atoms. The van der Waals surface area contributed by atoms with E-state index in [-0.39, 0.29) is 6.04 Å². The van der Waals surface area contributed by atoms with E-state index in [1.54, 1.807) is 0 Å². The fourth-order valence-corrected chi connectivity index (χ4v) is 2.51. The molecule has 0 spiro atoms. The molecule has 88 valence electrons. The van der Waals surface area contributed by atoms with Crippen molar-refractivity contribution in [3.05, 3.63) is 68.1 Å². The standard InChI is InChI=1S/C13H10BrCl2N/c14-8-5-6-12(16)10(7-8)13(17)9-3-1-2-4-11(9)15/h1-7,13H,17H2. The van der Waals surface area contributed by atoms with Gasteiger partial charge in [-0.1, -0.05) is 57.3 Å². The lowest BCUT2D eigenvalue weighted by Crippen LogP contribution is -2.12. The molecule has 0 aliphatic carbocycles. The van der Waals surface area contributed by atoms with Crippen molar-refractivity contribution in [2.75, 3.05) is 0 Å². The first kappa shape index (κ1) is 12.9. The van der Waals surface area contributed by atoms with E-state index < -0.39 is 0 Å². The summed E-state index contributed by atoms with van der Waals surface area (Å²) in [5.41, 5.74) is 7.92. The lowest BCUT2D eigenvalue weighted by molar-refractivity contribution is 0.871. The largest absolute Gasteiger partial charge is 0.320 e. The van der Waals surface area contributed by atoms with Crippen LogP contribution in [-0.2, 0) is 0 Å². The number of hydrogen-bond donors (Lipinski definition) is 1. The lowest BCUT2D eigenvalue weighted by Gasteiger charge is -2.15. The molecule has 0 heterocycles. The second kappa shape index (κ2) is 5.40. The first-order valence-corrected chi connectivity index (χ1v) is 6.59. The number of halogens is 3. The molecule has 0 amide bonds. The van der Waals surface area contributed by atoms with E-state index in [0.29, 0.717) is 10.0 Å². The van der Waals surface area contributed by atoms with Crippen LogP contribution in [0, 0.1) is 0 Å². The Kier molecular flexibility index (Phi) is 4.10. The maximum Gasteiger partial charge on any atom is 0.0581 e. The van der Waals surface area contributed by atoms with Gasteiger partial charge < -0.3 is 5.73 Å². The van der Waals surface area contributed by atoms with Gasteiger partial charge in [0.2, 0.25) is 0 Å². The number of benzene rings is 2. The van der Waals surface area contributed by atoms with Crippen molar-refractivity contribution in [1.82, 2.24) is 0 Å². The normalized spacial score (nSPS) is 12.5. The number of nitrogens with two attached hydrogens (primary N) is 1. The van der Waals surface area contributed by atoms with E-state index in [1.807, 2.05) is 42.5 Å². The molecule has 0 fully saturated rings. The Hall–Kier alpha value is -0.540. The Balaban J connectivity index is 2.47. The van der Waals surface area contributed by atoms with Gasteiger partial charge in [0.25, 0.3) is 0 Å². The molecule has 0 aliphatic heterocycles. The van der Waals surface area contributed by atoms with Gasteiger partial charge >= 0.3 is 0 Å². The van der Waals surface area contributed by atoms with Crippen molar-refractivity contribution < 1.29 is 0 Å². The second-order valence-electron chi connectivity index (χ2n) is 3.67. The van der Waals surface area contributed by atoms with Gasteiger partial charge in [0.1, 0.15) is 0 Å². The van der Waals surface area contributed by atoms with Gasteiger partial charge in [-0.3, -0.25) is 0 Å². The summed E-state index contributed by atoms with van der Waals surface area (Å²) in [5, 5.41) is 1.29. The molecule has 0 bridgehead atoms. The minimum atomic E-state index is -0.325. The Labute approximate surface area is 119 Å². The van der Waals surface area contributed by atoms with Crippen LogP contribution in [0.5, 0.6) is 0 Å². The second-order valence-corrected chi connectivity index (χ2v) is 5.40. The molecule has 4 heteroatoms. The van der Waals surface area contributed by atoms with Crippen LogP contribution in [-0.4, -0.2) is 0 Å². The summed E-state index contributed by atoms with van der Waals surface area (Å²) in [6.07, 6.45) is 0. The predicted octanol–water partition coefficient (Wildman–Crippen LogP) is 4.80. The van der Waals surface area contributed by atoms with Gasteiger partial charge in [-0.2, -0.15) is 0 Å². The number of hydrogen-bond acceptors (Lipinski definition) is 1. The molecular formula is C13H10BrCl2N. The fraction of sp³-hybridized carbons (Fsp3) is 0.0769. The molecule has 0 saturated carbocycles. The summed E-state index contributed by atoms with van der Waals surface area (Å²) in [4.78, 5) is 0. The lowest BCUT2D eigenvalue weighted by atomic mass is 9.99. The zero-order chi connectivity index (χ0) is 12.4. The highest BCUT2D eigenvalue weighted by Crippen LogP contribution is 2.32. The summed E-state index contributed by atoms with van der Waals surface area (Å²) in [6.45, 7) is 0. The highest BCUT2D eigenvalue weighted by molar-refractivity contribution is 9.10. The molecule has 1 atom stereocenters.